The molecule has 0 spiro atoms. The molecular weight excluding hydrogens is 416 g/mol. The zero-order chi connectivity index (χ0) is 18.8. The van der Waals surface area contributed by atoms with E-state index in [9.17, 15) is 0 Å². The van der Waals surface area contributed by atoms with E-state index in [-0.39, 0.29) is 26.2 Å². The van der Waals surface area contributed by atoms with Crippen molar-refractivity contribution in [3.8, 4) is 11.1 Å². The molecule has 1 heteroatoms. The summed E-state index contributed by atoms with van der Waals surface area (Å²) in [6.07, 6.45) is 16.6. The summed E-state index contributed by atoms with van der Waals surface area (Å²) in [4.78, 5) is 0. The molecule has 0 heterocycles. The number of rotatable bonds is 4. The van der Waals surface area contributed by atoms with Crippen LogP contribution in [0.4, 0.5) is 0 Å². The second-order valence-corrected chi connectivity index (χ2v) is 8.44. The Balaban J connectivity index is 0.00000225. The van der Waals surface area contributed by atoms with Crippen molar-refractivity contribution < 1.29 is 26.2 Å². The molecule has 0 saturated heterocycles. The van der Waals surface area contributed by atoms with Gasteiger partial charge < -0.3 is 0 Å². The third-order valence-electron chi connectivity index (χ3n) is 6.49. The molecule has 143 valence electrons. The molecule has 0 nitrogen and oxygen atoms in total. The van der Waals surface area contributed by atoms with Gasteiger partial charge in [-0.1, -0.05) is 75.6 Å². The standard InChI is InChI=1S/C27H31.Zr/c1-4-19(2)23-11-13-24(14-12-23)25-15-10-20(3)26-17-22(18-27(25)26)16-21-8-6-5-7-9-21;/h10-16,18-19,21H,4-9H2,1-3H3;. The summed E-state index contributed by atoms with van der Waals surface area (Å²) in [5.74, 6) is 1.37. The fourth-order valence-electron chi connectivity index (χ4n) is 4.50. The molecular formula is C27H31Zr. The van der Waals surface area contributed by atoms with E-state index in [0.29, 0.717) is 5.92 Å². The topological polar surface area (TPSA) is 0 Å². The molecule has 1 unspecified atom stereocenters. The number of benzene rings is 2. The first-order valence-corrected chi connectivity index (χ1v) is 10.7. The molecule has 1 saturated carbocycles. The maximum Gasteiger partial charge on any atom is 0 e. The van der Waals surface area contributed by atoms with Crippen molar-refractivity contribution in [2.24, 2.45) is 5.92 Å². The van der Waals surface area contributed by atoms with Crippen molar-refractivity contribution in [3.63, 3.8) is 0 Å². The molecule has 2 aliphatic rings. The maximum atomic E-state index is 3.70. The molecule has 0 N–H and O–H groups in total. The molecule has 0 aliphatic heterocycles. The summed E-state index contributed by atoms with van der Waals surface area (Å²) < 4.78 is 0. The van der Waals surface area contributed by atoms with Gasteiger partial charge in [0.05, 0.1) is 0 Å². The van der Waals surface area contributed by atoms with E-state index in [4.69, 9.17) is 0 Å². The van der Waals surface area contributed by atoms with Crippen molar-refractivity contribution in [2.45, 2.75) is 65.2 Å². The molecule has 2 aromatic rings. The van der Waals surface area contributed by atoms with E-state index in [1.807, 2.05) is 0 Å². The van der Waals surface area contributed by atoms with Crippen LogP contribution in [0.2, 0.25) is 0 Å². The molecule has 28 heavy (non-hydrogen) atoms. The number of fused-ring (bicyclic) bond motifs is 1. The first kappa shape index (κ1) is 21.5. The van der Waals surface area contributed by atoms with E-state index >= 15 is 0 Å². The third kappa shape index (κ3) is 4.51. The first-order valence-electron chi connectivity index (χ1n) is 10.7. The Morgan fingerprint density at radius 3 is 2.43 bits per heavy atom. The fourth-order valence-corrected chi connectivity index (χ4v) is 4.50. The number of allylic oxidation sites excluding steroid dienone is 2. The van der Waals surface area contributed by atoms with E-state index < -0.39 is 0 Å². The van der Waals surface area contributed by atoms with Gasteiger partial charge in [0.2, 0.25) is 0 Å². The predicted octanol–water partition coefficient (Wildman–Crippen LogP) is 6.13. The molecule has 1 atom stereocenters. The van der Waals surface area contributed by atoms with Gasteiger partial charge in [-0.05, 0) is 88.4 Å². The SMILES string of the molecule is CCC(C)c1ccc(-c2ccc(C)c3c2=CC(=CC2CCCCC2)[C]=3)cc1.[Zr]. The molecule has 0 amide bonds. The van der Waals surface area contributed by atoms with Gasteiger partial charge in [-0.25, -0.2) is 0 Å². The smallest absolute Gasteiger partial charge is 0 e. The molecule has 2 aliphatic carbocycles. The third-order valence-corrected chi connectivity index (χ3v) is 6.49. The van der Waals surface area contributed by atoms with Crippen molar-refractivity contribution in [1.29, 1.82) is 0 Å². The second-order valence-electron chi connectivity index (χ2n) is 8.44. The number of aryl methyl sites for hydroxylation is 1. The Morgan fingerprint density at radius 1 is 1.04 bits per heavy atom. The van der Waals surface area contributed by atoms with Crippen LogP contribution in [0, 0.1) is 12.8 Å². The van der Waals surface area contributed by atoms with Crippen LogP contribution in [-0.4, -0.2) is 0 Å². The van der Waals surface area contributed by atoms with E-state index in [0.717, 1.165) is 5.92 Å². The van der Waals surface area contributed by atoms with Gasteiger partial charge in [0.25, 0.3) is 0 Å². The summed E-state index contributed by atoms with van der Waals surface area (Å²) >= 11 is 0. The Morgan fingerprint density at radius 2 is 1.75 bits per heavy atom. The Bertz CT molecular complexity index is 957. The molecule has 4 rings (SSSR count). The minimum absolute atomic E-state index is 0. The molecule has 0 bridgehead atoms. The van der Waals surface area contributed by atoms with Crippen LogP contribution < -0.4 is 10.4 Å². The summed E-state index contributed by atoms with van der Waals surface area (Å²) in [5, 5.41) is 2.65. The van der Waals surface area contributed by atoms with Gasteiger partial charge in [0, 0.05) is 26.2 Å². The predicted molar refractivity (Wildman–Crippen MR) is 117 cm³/mol. The summed E-state index contributed by atoms with van der Waals surface area (Å²) in [7, 11) is 0. The second kappa shape index (κ2) is 9.53. The van der Waals surface area contributed by atoms with E-state index in [1.165, 1.54) is 76.8 Å². The van der Waals surface area contributed by atoms with Gasteiger partial charge in [-0.2, -0.15) is 0 Å². The largest absolute Gasteiger partial charge is 0.0735 e. The quantitative estimate of drug-likeness (QED) is 0.530. The molecule has 2 aromatic carbocycles. The number of hydrogen-bond acceptors (Lipinski definition) is 0. The molecule has 1 fully saturated rings. The zero-order valence-corrected chi connectivity index (χ0v) is 20.0. The van der Waals surface area contributed by atoms with Crippen LogP contribution in [0.1, 0.15) is 69.4 Å². The van der Waals surface area contributed by atoms with Crippen LogP contribution in [0.25, 0.3) is 23.3 Å². The molecule has 1 radical (unpaired) electrons. The van der Waals surface area contributed by atoms with Gasteiger partial charge in [0.15, 0.2) is 0 Å². The monoisotopic (exact) mass is 445 g/mol. The fraction of sp³-hybridized carbons (Fsp3) is 0.407. The summed E-state index contributed by atoms with van der Waals surface area (Å²) in [6.45, 7) is 6.77. The van der Waals surface area contributed by atoms with Crippen molar-refractivity contribution in [1.82, 2.24) is 0 Å². The Labute approximate surface area is 189 Å². The maximum absolute atomic E-state index is 3.70. The zero-order valence-electron chi connectivity index (χ0n) is 17.5. The van der Waals surface area contributed by atoms with Crippen molar-refractivity contribution in [2.75, 3.05) is 0 Å². The minimum atomic E-state index is 0. The van der Waals surface area contributed by atoms with Crippen LogP contribution in [0.3, 0.4) is 0 Å². The van der Waals surface area contributed by atoms with Crippen molar-refractivity contribution in [3.05, 3.63) is 69.6 Å². The number of hydrogen-bond donors (Lipinski definition) is 0. The van der Waals surface area contributed by atoms with Gasteiger partial charge in [-0.15, -0.1) is 0 Å². The minimum Gasteiger partial charge on any atom is -0.0735 e. The Hall–Kier alpha value is -1.20. The normalized spacial score (nSPS) is 18.8. The van der Waals surface area contributed by atoms with Crippen LogP contribution in [0.15, 0.2) is 48.0 Å². The van der Waals surface area contributed by atoms with E-state index in [1.54, 1.807) is 0 Å². The van der Waals surface area contributed by atoms with Crippen molar-refractivity contribution >= 4 is 12.2 Å². The summed E-state index contributed by atoms with van der Waals surface area (Å²) in [5.41, 5.74) is 6.71. The van der Waals surface area contributed by atoms with E-state index in [2.05, 4.69) is 75.4 Å². The van der Waals surface area contributed by atoms with Crippen LogP contribution in [-0.2, 0) is 26.2 Å². The Kier molecular flexibility index (Phi) is 7.32. The van der Waals surface area contributed by atoms with Gasteiger partial charge >= 0.3 is 0 Å². The molecule has 0 aromatic heterocycles. The van der Waals surface area contributed by atoms with Crippen LogP contribution >= 0.6 is 0 Å². The van der Waals surface area contributed by atoms with Crippen LogP contribution in [0.5, 0.6) is 0 Å². The average molecular weight is 447 g/mol. The average Bonchev–Trinajstić information content (AvgIpc) is 3.13. The van der Waals surface area contributed by atoms with Gasteiger partial charge in [-0.3, -0.25) is 0 Å². The summed E-state index contributed by atoms with van der Waals surface area (Å²) in [6, 6.07) is 13.7. The first-order chi connectivity index (χ1) is 13.2. The van der Waals surface area contributed by atoms with Gasteiger partial charge in [0.1, 0.15) is 0 Å².